The predicted octanol–water partition coefficient (Wildman–Crippen LogP) is 3.11. The third-order valence-corrected chi connectivity index (χ3v) is 4.47. The smallest absolute Gasteiger partial charge is 0.273 e. The van der Waals surface area contributed by atoms with Crippen molar-refractivity contribution in [1.29, 1.82) is 0 Å². The minimum Gasteiger partial charge on any atom is -0.340 e. The van der Waals surface area contributed by atoms with Crippen molar-refractivity contribution in [2.45, 2.75) is 6.42 Å². The van der Waals surface area contributed by atoms with E-state index in [1.54, 1.807) is 36.7 Å². The number of rotatable bonds is 5. The maximum absolute atomic E-state index is 12.8. The number of hydrogen-bond donors (Lipinski definition) is 0. The molecule has 6 nitrogen and oxygen atoms in total. The number of benzene rings is 1. The van der Waals surface area contributed by atoms with Gasteiger partial charge < -0.3 is 9.30 Å². The summed E-state index contributed by atoms with van der Waals surface area (Å²) in [4.78, 5) is 27.5. The highest BCUT2D eigenvalue weighted by Crippen LogP contribution is 2.21. The second-order valence-electron chi connectivity index (χ2n) is 6.33. The SMILES string of the molecule is CN(CCc1ccncc1)C(=O)c1cn2ccnc(-c3ccccc3)c2n1. The molecule has 0 atom stereocenters. The van der Waals surface area contributed by atoms with E-state index in [4.69, 9.17) is 0 Å². The van der Waals surface area contributed by atoms with Crippen molar-refractivity contribution < 1.29 is 4.79 Å². The van der Waals surface area contributed by atoms with Gasteiger partial charge in [-0.25, -0.2) is 4.98 Å². The molecule has 0 aliphatic heterocycles. The van der Waals surface area contributed by atoms with Gasteiger partial charge in [0.25, 0.3) is 5.91 Å². The molecule has 27 heavy (non-hydrogen) atoms. The number of amides is 1. The van der Waals surface area contributed by atoms with Crippen molar-refractivity contribution in [3.05, 3.63) is 84.7 Å². The number of fused-ring (bicyclic) bond motifs is 1. The highest BCUT2D eigenvalue weighted by atomic mass is 16.2. The first-order chi connectivity index (χ1) is 13.2. The lowest BCUT2D eigenvalue weighted by Crippen LogP contribution is -2.29. The van der Waals surface area contributed by atoms with Crippen molar-refractivity contribution in [3.8, 4) is 11.3 Å². The Kier molecular flexibility index (Phi) is 4.61. The standard InChI is InChI=1S/C21H19N5O/c1-25(13-9-16-7-10-22-11-8-16)21(27)18-15-26-14-12-23-19(20(26)24-18)17-5-3-2-4-6-17/h2-8,10-12,14-15H,9,13H2,1H3. The second-order valence-corrected chi connectivity index (χ2v) is 6.33. The summed E-state index contributed by atoms with van der Waals surface area (Å²) in [5.41, 5.74) is 3.97. The lowest BCUT2D eigenvalue weighted by atomic mass is 10.1. The summed E-state index contributed by atoms with van der Waals surface area (Å²) >= 11 is 0. The Balaban J connectivity index is 1.57. The minimum absolute atomic E-state index is 0.105. The van der Waals surface area contributed by atoms with Gasteiger partial charge in [0.05, 0.1) is 0 Å². The van der Waals surface area contributed by atoms with Crippen LogP contribution in [0.5, 0.6) is 0 Å². The van der Waals surface area contributed by atoms with Crippen LogP contribution in [0.15, 0.2) is 73.4 Å². The number of carbonyl (C=O) groups is 1. The first kappa shape index (κ1) is 16.9. The fourth-order valence-electron chi connectivity index (χ4n) is 2.97. The molecule has 0 N–H and O–H groups in total. The first-order valence-corrected chi connectivity index (χ1v) is 8.76. The largest absolute Gasteiger partial charge is 0.340 e. The van der Waals surface area contributed by atoms with Crippen molar-refractivity contribution in [1.82, 2.24) is 24.3 Å². The fourth-order valence-corrected chi connectivity index (χ4v) is 2.97. The Morgan fingerprint density at radius 3 is 2.63 bits per heavy atom. The van der Waals surface area contributed by atoms with Gasteiger partial charge in [-0.3, -0.25) is 14.8 Å². The van der Waals surface area contributed by atoms with Gasteiger partial charge in [-0.1, -0.05) is 30.3 Å². The Bertz CT molecular complexity index is 1060. The average molecular weight is 357 g/mol. The van der Waals surface area contributed by atoms with Gasteiger partial charge in [0, 0.05) is 50.1 Å². The average Bonchev–Trinajstić information content (AvgIpc) is 3.17. The van der Waals surface area contributed by atoms with Crippen LogP contribution in [0.3, 0.4) is 0 Å². The minimum atomic E-state index is -0.105. The van der Waals surface area contributed by atoms with E-state index in [1.165, 1.54) is 0 Å². The number of imidazole rings is 1. The van der Waals surface area contributed by atoms with Gasteiger partial charge in [0.1, 0.15) is 11.4 Å². The van der Waals surface area contributed by atoms with Crippen LogP contribution in [0.1, 0.15) is 16.1 Å². The summed E-state index contributed by atoms with van der Waals surface area (Å²) in [5, 5.41) is 0. The molecule has 4 aromatic rings. The van der Waals surface area contributed by atoms with Crippen molar-refractivity contribution in [3.63, 3.8) is 0 Å². The molecule has 0 saturated heterocycles. The lowest BCUT2D eigenvalue weighted by molar-refractivity contribution is 0.0791. The van der Waals surface area contributed by atoms with E-state index in [0.717, 1.165) is 23.2 Å². The van der Waals surface area contributed by atoms with Crippen LogP contribution in [0.25, 0.3) is 16.9 Å². The van der Waals surface area contributed by atoms with Crippen LogP contribution >= 0.6 is 0 Å². The zero-order valence-electron chi connectivity index (χ0n) is 15.0. The van der Waals surface area contributed by atoms with Crippen molar-refractivity contribution >= 4 is 11.6 Å². The molecule has 0 aliphatic rings. The number of likely N-dealkylation sites (N-methyl/N-ethyl adjacent to an activating group) is 1. The van der Waals surface area contributed by atoms with Crippen LogP contribution in [0.4, 0.5) is 0 Å². The second kappa shape index (κ2) is 7.37. The van der Waals surface area contributed by atoms with E-state index in [-0.39, 0.29) is 5.91 Å². The normalized spacial score (nSPS) is 10.9. The number of nitrogens with zero attached hydrogens (tertiary/aromatic N) is 5. The van der Waals surface area contributed by atoms with E-state index in [9.17, 15) is 4.79 Å². The van der Waals surface area contributed by atoms with E-state index in [2.05, 4.69) is 15.0 Å². The molecule has 0 radical (unpaired) electrons. The molecule has 0 saturated carbocycles. The molecule has 0 unspecified atom stereocenters. The molecule has 1 aromatic carbocycles. The molecule has 0 aliphatic carbocycles. The summed E-state index contributed by atoms with van der Waals surface area (Å²) in [6.07, 6.45) is 9.58. The Morgan fingerprint density at radius 2 is 1.85 bits per heavy atom. The molecule has 1 amide bonds. The molecule has 0 spiro atoms. The number of aromatic nitrogens is 4. The van der Waals surface area contributed by atoms with Crippen LogP contribution in [0, 0.1) is 0 Å². The number of pyridine rings is 1. The molecule has 3 aromatic heterocycles. The van der Waals surface area contributed by atoms with Gasteiger partial charge in [-0.05, 0) is 24.1 Å². The van der Waals surface area contributed by atoms with E-state index in [0.29, 0.717) is 17.9 Å². The maximum Gasteiger partial charge on any atom is 0.273 e. The molecule has 0 bridgehead atoms. The monoisotopic (exact) mass is 357 g/mol. The van der Waals surface area contributed by atoms with Crippen LogP contribution in [0.2, 0.25) is 0 Å². The van der Waals surface area contributed by atoms with Gasteiger partial charge in [-0.15, -0.1) is 0 Å². The highest BCUT2D eigenvalue weighted by Gasteiger charge is 2.17. The van der Waals surface area contributed by atoms with Crippen molar-refractivity contribution in [2.24, 2.45) is 0 Å². The molecule has 134 valence electrons. The highest BCUT2D eigenvalue weighted by molar-refractivity contribution is 5.93. The summed E-state index contributed by atoms with van der Waals surface area (Å²) in [7, 11) is 1.80. The van der Waals surface area contributed by atoms with Crippen molar-refractivity contribution in [2.75, 3.05) is 13.6 Å². The zero-order valence-corrected chi connectivity index (χ0v) is 15.0. The molecule has 3 heterocycles. The fraction of sp³-hybridized carbons (Fsp3) is 0.143. The van der Waals surface area contributed by atoms with Gasteiger partial charge in [0.15, 0.2) is 5.65 Å². The Labute approximate surface area is 157 Å². The zero-order chi connectivity index (χ0) is 18.6. The Hall–Kier alpha value is -3.54. The Morgan fingerprint density at radius 1 is 1.07 bits per heavy atom. The predicted molar refractivity (Wildman–Crippen MR) is 103 cm³/mol. The summed E-state index contributed by atoms with van der Waals surface area (Å²) in [5.74, 6) is -0.105. The molecule has 4 rings (SSSR count). The summed E-state index contributed by atoms with van der Waals surface area (Å²) in [6, 6.07) is 13.8. The third-order valence-electron chi connectivity index (χ3n) is 4.47. The van der Waals surface area contributed by atoms with Gasteiger partial charge >= 0.3 is 0 Å². The van der Waals surface area contributed by atoms with E-state index >= 15 is 0 Å². The number of carbonyl (C=O) groups excluding carboxylic acids is 1. The van der Waals surface area contributed by atoms with Crippen LogP contribution < -0.4 is 0 Å². The first-order valence-electron chi connectivity index (χ1n) is 8.76. The summed E-state index contributed by atoms with van der Waals surface area (Å²) < 4.78 is 1.85. The molecular weight excluding hydrogens is 338 g/mol. The number of hydrogen-bond acceptors (Lipinski definition) is 4. The molecule has 0 fully saturated rings. The third kappa shape index (κ3) is 3.55. The molecular formula is C21H19N5O. The topological polar surface area (TPSA) is 63.4 Å². The van der Waals surface area contributed by atoms with E-state index in [1.807, 2.05) is 53.1 Å². The lowest BCUT2D eigenvalue weighted by Gasteiger charge is -2.15. The van der Waals surface area contributed by atoms with Crippen LogP contribution in [-0.4, -0.2) is 43.8 Å². The van der Waals surface area contributed by atoms with Gasteiger partial charge in [-0.2, -0.15) is 0 Å². The van der Waals surface area contributed by atoms with Crippen LogP contribution in [-0.2, 0) is 6.42 Å². The maximum atomic E-state index is 12.8. The summed E-state index contributed by atoms with van der Waals surface area (Å²) in [6.45, 7) is 0.612. The quantitative estimate of drug-likeness (QED) is 0.551. The van der Waals surface area contributed by atoms with E-state index < -0.39 is 0 Å². The molecule has 6 heteroatoms. The van der Waals surface area contributed by atoms with Gasteiger partial charge in [0.2, 0.25) is 0 Å².